The zero-order valence-electron chi connectivity index (χ0n) is 27.5. The van der Waals surface area contributed by atoms with Gasteiger partial charge in [0.05, 0.1) is 35.9 Å². The Morgan fingerprint density at radius 3 is 1.20 bits per heavy atom. The summed E-state index contributed by atoms with van der Waals surface area (Å²) in [5, 5.41) is 5.06. The van der Waals surface area contributed by atoms with Gasteiger partial charge >= 0.3 is 3.52 Å². The van der Waals surface area contributed by atoms with Gasteiger partial charge in [0.25, 0.3) is 16.6 Å². The summed E-state index contributed by atoms with van der Waals surface area (Å²) in [5.74, 6) is 0. The van der Waals surface area contributed by atoms with E-state index in [1.54, 1.807) is 0 Å². The number of hydrogen-bond acceptors (Lipinski definition) is 4. The van der Waals surface area contributed by atoms with Crippen LogP contribution in [0.2, 0.25) is 10.1 Å². The van der Waals surface area contributed by atoms with Crippen LogP contribution >= 0.6 is 34.4 Å². The first-order valence-electron chi connectivity index (χ1n) is 15.5. The maximum atomic E-state index is 7.42. The molecular formula is C38H45O2S3Si2+. The fourth-order valence-electron chi connectivity index (χ4n) is 6.51. The molecule has 0 saturated heterocycles. The van der Waals surface area contributed by atoms with E-state index in [1.807, 2.05) is 34.4 Å². The van der Waals surface area contributed by atoms with Crippen LogP contribution in [0.5, 0.6) is 0 Å². The molecule has 0 aliphatic heterocycles. The van der Waals surface area contributed by atoms with Gasteiger partial charge in [-0.2, -0.15) is 0 Å². The number of benzene rings is 4. The molecule has 45 heavy (non-hydrogen) atoms. The zero-order chi connectivity index (χ0) is 32.1. The first-order valence-corrected chi connectivity index (χ1v) is 22.2. The smallest absolute Gasteiger partial charge is 0.312 e. The number of hydrogen-bond donors (Lipinski definition) is 0. The van der Waals surface area contributed by atoms with Crippen molar-refractivity contribution < 1.29 is 8.85 Å². The molecule has 4 aromatic carbocycles. The van der Waals surface area contributed by atoms with Crippen molar-refractivity contribution in [2.45, 2.75) is 68.4 Å². The van der Waals surface area contributed by atoms with Gasteiger partial charge in [0.15, 0.2) is 9.75 Å². The monoisotopic (exact) mass is 685 g/mol. The molecule has 0 atom stereocenters. The summed E-state index contributed by atoms with van der Waals surface area (Å²) in [6.45, 7) is 15.2. The third-order valence-corrected chi connectivity index (χ3v) is 22.5. The van der Waals surface area contributed by atoms with Gasteiger partial charge in [0.2, 0.25) is 0 Å². The summed E-state index contributed by atoms with van der Waals surface area (Å²) >= 11 is 5.55. The maximum absolute atomic E-state index is 7.42. The molecule has 7 heteroatoms. The van der Waals surface area contributed by atoms with Crippen LogP contribution in [0.15, 0.2) is 125 Å². The van der Waals surface area contributed by atoms with Crippen molar-refractivity contribution >= 4 is 71.8 Å². The minimum absolute atomic E-state index is 0.0791. The van der Waals surface area contributed by atoms with E-state index in [4.69, 9.17) is 8.85 Å². The van der Waals surface area contributed by atoms with Crippen LogP contribution in [-0.4, -0.2) is 22.9 Å². The number of thioether (sulfide) groups is 1. The van der Waals surface area contributed by atoms with Crippen molar-refractivity contribution in [2.24, 2.45) is 0 Å². The second-order valence-electron chi connectivity index (χ2n) is 13.4. The average Bonchev–Trinajstić information content (AvgIpc) is 3.44. The van der Waals surface area contributed by atoms with Crippen LogP contribution in [0.25, 0.3) is 0 Å². The molecule has 0 bridgehead atoms. The third kappa shape index (κ3) is 6.86. The Morgan fingerprint density at radius 2 is 0.889 bits per heavy atom. The molecule has 5 aromatic rings. The summed E-state index contributed by atoms with van der Waals surface area (Å²) in [6, 6.07) is 43.7. The minimum Gasteiger partial charge on any atom is -0.400 e. The second kappa shape index (κ2) is 14.2. The molecule has 1 aromatic heterocycles. The molecule has 5 rings (SSSR count). The SMILES string of the molecule is CSc1sc(CO[Si](c2ccccc2)(c2ccccc2)C(C)(C)C)c(CO[Si](c2ccccc2)(c2ccccc2)C(C)(C)C)[s+]1. The van der Waals surface area contributed by atoms with Crippen molar-refractivity contribution in [3.63, 3.8) is 0 Å². The summed E-state index contributed by atoms with van der Waals surface area (Å²) in [5.41, 5.74) is 0. The van der Waals surface area contributed by atoms with Gasteiger partial charge in [0.1, 0.15) is 0 Å². The number of rotatable bonds is 11. The summed E-state index contributed by atoms with van der Waals surface area (Å²) in [7, 11) is -5.36. The molecule has 0 aliphatic rings. The average molecular weight is 686 g/mol. The van der Waals surface area contributed by atoms with E-state index >= 15 is 0 Å². The Balaban J connectivity index is 1.56. The molecule has 1 heterocycles. The third-order valence-electron chi connectivity index (χ3n) is 8.56. The first kappa shape index (κ1) is 34.0. The Hall–Kier alpha value is -2.37. The van der Waals surface area contributed by atoms with Gasteiger partial charge in [-0.15, -0.1) is 0 Å². The van der Waals surface area contributed by atoms with Crippen molar-refractivity contribution in [3.8, 4) is 0 Å². The lowest BCUT2D eigenvalue weighted by atomic mass is 10.2. The molecular weight excluding hydrogens is 641 g/mol. The van der Waals surface area contributed by atoms with Gasteiger partial charge in [-0.1, -0.05) is 175 Å². The van der Waals surface area contributed by atoms with E-state index in [2.05, 4.69) is 169 Å². The molecule has 234 valence electrons. The van der Waals surface area contributed by atoms with E-state index in [0.717, 1.165) is 0 Å². The van der Waals surface area contributed by atoms with Crippen molar-refractivity contribution in [3.05, 3.63) is 131 Å². The highest BCUT2D eigenvalue weighted by Gasteiger charge is 2.52. The Morgan fingerprint density at radius 1 is 0.556 bits per heavy atom. The predicted molar refractivity (Wildman–Crippen MR) is 203 cm³/mol. The maximum Gasteiger partial charge on any atom is 0.312 e. The molecule has 0 aliphatic carbocycles. The van der Waals surface area contributed by atoms with E-state index in [0.29, 0.717) is 13.2 Å². The Labute approximate surface area is 284 Å². The second-order valence-corrected chi connectivity index (χ2v) is 25.8. The highest BCUT2D eigenvalue weighted by molar-refractivity contribution is 8.02. The van der Waals surface area contributed by atoms with Crippen LogP contribution in [0, 0.1) is 0 Å². The quantitative estimate of drug-likeness (QED) is 0.0786. The fraction of sp³-hybridized carbons (Fsp3) is 0.289. The highest BCUT2D eigenvalue weighted by atomic mass is 32.2. The Kier molecular flexibility index (Phi) is 10.7. The van der Waals surface area contributed by atoms with Gasteiger partial charge in [-0.05, 0) is 37.1 Å². The summed E-state index contributed by atoms with van der Waals surface area (Å²) < 4.78 is 16.2. The van der Waals surface area contributed by atoms with E-state index in [9.17, 15) is 0 Å². The standard InChI is InChI=1S/C38H45O2S3Si2/c1-37(2,3)44(30-20-12-8-13-21-30,31-22-14-9-15-23-31)39-28-34-35(43-36(41-7)42-34)29-40-45(38(4,5)6,32-24-16-10-17-25-32)33-26-18-11-19-27-33/h8-27H,28-29H2,1-7H3/q+1. The lowest BCUT2D eigenvalue weighted by Crippen LogP contribution is -2.66. The van der Waals surface area contributed by atoms with E-state index < -0.39 is 16.6 Å². The molecule has 0 amide bonds. The molecule has 2 nitrogen and oxygen atoms in total. The topological polar surface area (TPSA) is 18.5 Å². The first-order chi connectivity index (χ1) is 21.5. The molecule has 0 saturated carbocycles. The minimum atomic E-state index is -2.68. The lowest BCUT2D eigenvalue weighted by molar-refractivity contribution is 0.272. The van der Waals surface area contributed by atoms with Crippen molar-refractivity contribution in [1.82, 2.24) is 0 Å². The van der Waals surface area contributed by atoms with Gasteiger partial charge in [0, 0.05) is 0 Å². The van der Waals surface area contributed by atoms with Crippen LogP contribution in [0.4, 0.5) is 0 Å². The Bertz CT molecular complexity index is 1440. The van der Waals surface area contributed by atoms with E-state index in [-0.39, 0.29) is 10.1 Å². The molecule has 0 fully saturated rings. The van der Waals surface area contributed by atoms with Crippen LogP contribution in [-0.2, 0) is 22.1 Å². The lowest BCUT2D eigenvalue weighted by Gasteiger charge is -2.43. The summed E-state index contributed by atoms with van der Waals surface area (Å²) in [6.07, 6.45) is 2.17. The fourth-order valence-corrected chi connectivity index (χ4v) is 19.0. The molecule has 0 spiro atoms. The van der Waals surface area contributed by atoms with E-state index in [1.165, 1.54) is 34.0 Å². The van der Waals surface area contributed by atoms with Crippen LogP contribution in [0.3, 0.4) is 0 Å². The normalized spacial score (nSPS) is 12.8. The zero-order valence-corrected chi connectivity index (χ0v) is 32.0. The van der Waals surface area contributed by atoms with Gasteiger partial charge in [-0.3, -0.25) is 0 Å². The highest BCUT2D eigenvalue weighted by Crippen LogP contribution is 2.42. The van der Waals surface area contributed by atoms with Gasteiger partial charge < -0.3 is 8.85 Å². The largest absolute Gasteiger partial charge is 0.400 e. The molecule has 0 radical (unpaired) electrons. The van der Waals surface area contributed by atoms with Crippen LogP contribution in [0.1, 0.15) is 51.3 Å². The predicted octanol–water partition coefficient (Wildman–Crippen LogP) is 8.97. The molecule has 0 unspecified atom stereocenters. The van der Waals surface area contributed by atoms with Crippen molar-refractivity contribution in [2.75, 3.05) is 6.26 Å². The van der Waals surface area contributed by atoms with Crippen LogP contribution < -0.4 is 20.7 Å². The summed E-state index contributed by atoms with van der Waals surface area (Å²) in [4.78, 5) is 2.55. The van der Waals surface area contributed by atoms with Crippen molar-refractivity contribution in [1.29, 1.82) is 0 Å². The van der Waals surface area contributed by atoms with Gasteiger partial charge in [-0.25, -0.2) is 0 Å². The molecule has 0 N–H and O–H groups in total.